The van der Waals surface area contributed by atoms with Gasteiger partial charge in [-0.05, 0) is 60.7 Å². The Hall–Kier alpha value is -4.58. The molecule has 1 fully saturated rings. The van der Waals surface area contributed by atoms with Crippen LogP contribution in [0.3, 0.4) is 0 Å². The molecular weight excluding hydrogens is 541 g/mol. The highest BCUT2D eigenvalue weighted by molar-refractivity contribution is 5.87. The van der Waals surface area contributed by atoms with E-state index in [-0.39, 0.29) is 12.4 Å². The summed E-state index contributed by atoms with van der Waals surface area (Å²) >= 11 is 0. The molecule has 5 aromatic rings. The molecule has 3 aromatic carbocycles. The van der Waals surface area contributed by atoms with Crippen LogP contribution in [0.1, 0.15) is 0 Å². The lowest BCUT2D eigenvalue weighted by atomic mass is 10.1. The average molecular weight is 572 g/mol. The first-order valence-electron chi connectivity index (χ1n) is 13.7. The molecule has 2 aromatic heterocycles. The Bertz CT molecular complexity index is 1630. The first-order valence-corrected chi connectivity index (χ1v) is 13.7. The Morgan fingerprint density at radius 2 is 1.79 bits per heavy atom. The maximum Gasteiger partial charge on any atom is 0.177 e. The highest BCUT2D eigenvalue weighted by atomic mass is 19.1. The van der Waals surface area contributed by atoms with Gasteiger partial charge < -0.3 is 24.1 Å². The van der Waals surface area contributed by atoms with Crippen molar-refractivity contribution in [3.8, 4) is 40.1 Å². The quantitative estimate of drug-likeness (QED) is 0.173. The normalized spacial score (nSPS) is 15.6. The van der Waals surface area contributed by atoms with Crippen molar-refractivity contribution < 1.29 is 28.4 Å². The summed E-state index contributed by atoms with van der Waals surface area (Å²) in [6, 6.07) is 23.7. The van der Waals surface area contributed by atoms with E-state index in [2.05, 4.69) is 10.3 Å². The fraction of sp³-hybridized carbons (Fsp3) is 0.258. The van der Waals surface area contributed by atoms with E-state index in [1.165, 1.54) is 0 Å². The Balaban J connectivity index is 1.06. The second-order valence-corrected chi connectivity index (χ2v) is 9.67. The molecule has 0 radical (unpaired) electrons. The second-order valence-electron chi connectivity index (χ2n) is 9.67. The van der Waals surface area contributed by atoms with Crippen LogP contribution in [0.2, 0.25) is 0 Å². The van der Waals surface area contributed by atoms with Crippen molar-refractivity contribution in [2.75, 3.05) is 46.1 Å². The highest BCUT2D eigenvalue weighted by Gasteiger charge is 2.21. The lowest BCUT2D eigenvalue weighted by molar-refractivity contribution is -0.0716. The van der Waals surface area contributed by atoms with E-state index in [0.29, 0.717) is 68.2 Å². The minimum absolute atomic E-state index is 0.116. The predicted molar refractivity (Wildman–Crippen MR) is 154 cm³/mol. The Kier molecular flexibility index (Phi) is 8.50. The third-order valence-corrected chi connectivity index (χ3v) is 6.79. The molecule has 0 bridgehead atoms. The number of halogens is 1. The van der Waals surface area contributed by atoms with E-state index in [1.54, 1.807) is 40.0 Å². The number of fused-ring (bicyclic) bond motifs is 1. The molecule has 1 N–H and O–H groups in total. The number of benzene rings is 3. The average Bonchev–Trinajstić information content (AvgIpc) is 3.51. The summed E-state index contributed by atoms with van der Waals surface area (Å²) in [5, 5.41) is 18.8. The molecule has 6 rings (SSSR count). The molecule has 0 saturated carbocycles. The van der Waals surface area contributed by atoms with Gasteiger partial charge in [0.15, 0.2) is 6.30 Å². The van der Waals surface area contributed by atoms with Gasteiger partial charge in [0.2, 0.25) is 0 Å². The topological polar surface area (TPSA) is 104 Å². The van der Waals surface area contributed by atoms with Crippen molar-refractivity contribution in [1.29, 1.82) is 0 Å². The van der Waals surface area contributed by atoms with E-state index in [4.69, 9.17) is 23.9 Å². The molecule has 0 amide bonds. The van der Waals surface area contributed by atoms with Crippen molar-refractivity contribution >= 4 is 10.9 Å². The third kappa shape index (κ3) is 6.65. The van der Waals surface area contributed by atoms with E-state index in [1.807, 2.05) is 54.6 Å². The molecule has 1 aliphatic rings. The first kappa shape index (κ1) is 27.6. The number of nitrogens with zero attached hydrogens (tertiary/aromatic N) is 5. The third-order valence-electron chi connectivity index (χ3n) is 6.79. The second kappa shape index (κ2) is 12.9. The van der Waals surface area contributed by atoms with Crippen LogP contribution in [0.25, 0.3) is 28.0 Å². The number of ether oxygens (including phenoxy) is 4. The van der Waals surface area contributed by atoms with Gasteiger partial charge in [-0.3, -0.25) is 4.90 Å². The van der Waals surface area contributed by atoms with E-state index in [9.17, 15) is 9.50 Å². The van der Waals surface area contributed by atoms with Crippen molar-refractivity contribution in [3.63, 3.8) is 0 Å². The van der Waals surface area contributed by atoms with Crippen LogP contribution in [-0.2, 0) is 9.47 Å². The zero-order valence-corrected chi connectivity index (χ0v) is 22.8. The van der Waals surface area contributed by atoms with Gasteiger partial charge in [-0.15, -0.1) is 5.10 Å². The van der Waals surface area contributed by atoms with Crippen LogP contribution >= 0.6 is 0 Å². The monoisotopic (exact) mass is 571 g/mol. The number of rotatable bonds is 11. The van der Waals surface area contributed by atoms with Gasteiger partial charge >= 0.3 is 0 Å². The van der Waals surface area contributed by atoms with Crippen LogP contribution in [-0.4, -0.2) is 82.4 Å². The van der Waals surface area contributed by atoms with Gasteiger partial charge in [0.1, 0.15) is 35.3 Å². The number of alkyl halides is 1. The maximum absolute atomic E-state index is 13.8. The minimum atomic E-state index is -1.07. The molecule has 11 heteroatoms. The maximum atomic E-state index is 13.8. The number of aromatic nitrogens is 4. The molecule has 1 aliphatic heterocycles. The molecule has 0 spiro atoms. The van der Waals surface area contributed by atoms with Gasteiger partial charge in [-0.2, -0.15) is 0 Å². The smallest absolute Gasteiger partial charge is 0.177 e. The van der Waals surface area contributed by atoms with E-state index >= 15 is 0 Å². The van der Waals surface area contributed by atoms with Crippen molar-refractivity contribution in [3.05, 3.63) is 85.1 Å². The number of hydrogen-bond acceptors (Lipinski definition) is 9. The number of morpholine rings is 1. The summed E-state index contributed by atoms with van der Waals surface area (Å²) in [5.74, 6) is 2.13. The zero-order chi connectivity index (χ0) is 28.7. The SMILES string of the molecule is Oc1ccc(-n2cc(-c3ccc4c(Oc5cccc(OCCOCCN6CCOCC6F)c5)cccc4n3)nn2)cc1. The molecule has 1 unspecified atom stereocenters. The number of phenolic OH excluding ortho intramolecular Hbond substituents is 1. The van der Waals surface area contributed by atoms with Crippen molar-refractivity contribution in [1.82, 2.24) is 24.9 Å². The summed E-state index contributed by atoms with van der Waals surface area (Å²) in [5.41, 5.74) is 2.83. The molecular formula is C31H30FN5O5. The Labute approximate surface area is 241 Å². The molecule has 42 heavy (non-hydrogen) atoms. The highest BCUT2D eigenvalue weighted by Crippen LogP contribution is 2.32. The van der Waals surface area contributed by atoms with Crippen LogP contribution in [0.5, 0.6) is 23.0 Å². The molecule has 10 nitrogen and oxygen atoms in total. The van der Waals surface area contributed by atoms with Crippen LogP contribution in [0, 0.1) is 0 Å². The van der Waals surface area contributed by atoms with Crippen LogP contribution in [0.15, 0.2) is 85.1 Å². The van der Waals surface area contributed by atoms with Crippen molar-refractivity contribution in [2.24, 2.45) is 0 Å². The van der Waals surface area contributed by atoms with Gasteiger partial charge in [0, 0.05) is 24.5 Å². The van der Waals surface area contributed by atoms with Crippen molar-refractivity contribution in [2.45, 2.75) is 6.30 Å². The molecule has 216 valence electrons. The largest absolute Gasteiger partial charge is 0.508 e. The number of phenols is 1. The Morgan fingerprint density at radius 1 is 0.929 bits per heavy atom. The van der Waals surface area contributed by atoms with E-state index in [0.717, 1.165) is 16.6 Å². The first-order chi connectivity index (χ1) is 20.6. The predicted octanol–water partition coefficient (Wildman–Crippen LogP) is 5.00. The van der Waals surface area contributed by atoms with Gasteiger partial charge in [0.25, 0.3) is 0 Å². The zero-order valence-electron chi connectivity index (χ0n) is 22.8. The molecule has 1 saturated heterocycles. The standard InChI is InChI=1S/C31H30FN5O5/c32-31-21-40-16-14-36(31)13-15-39-17-18-41-24-3-1-4-25(19-24)42-30-6-2-5-27-26(30)11-12-28(33-27)29-20-37(35-34-29)22-7-9-23(38)10-8-22/h1-12,19-20,31,38H,13-18,21H2. The van der Waals surface area contributed by atoms with Crippen LogP contribution in [0.4, 0.5) is 4.39 Å². The summed E-state index contributed by atoms with van der Waals surface area (Å²) < 4.78 is 38.2. The van der Waals surface area contributed by atoms with Gasteiger partial charge in [-0.25, -0.2) is 14.1 Å². The summed E-state index contributed by atoms with van der Waals surface area (Å²) in [4.78, 5) is 6.50. The molecule has 0 aliphatic carbocycles. The van der Waals surface area contributed by atoms with E-state index < -0.39 is 6.30 Å². The van der Waals surface area contributed by atoms with Gasteiger partial charge in [0.05, 0.1) is 49.5 Å². The summed E-state index contributed by atoms with van der Waals surface area (Å²) in [7, 11) is 0. The fourth-order valence-electron chi connectivity index (χ4n) is 4.59. The number of pyridine rings is 1. The summed E-state index contributed by atoms with van der Waals surface area (Å²) in [6.45, 7) is 2.95. The molecule has 1 atom stereocenters. The Morgan fingerprint density at radius 3 is 2.67 bits per heavy atom. The molecule has 3 heterocycles. The number of aromatic hydroxyl groups is 1. The van der Waals surface area contributed by atoms with Crippen LogP contribution < -0.4 is 9.47 Å². The lowest BCUT2D eigenvalue weighted by Gasteiger charge is -2.29. The fourth-order valence-corrected chi connectivity index (χ4v) is 4.59. The lowest BCUT2D eigenvalue weighted by Crippen LogP contribution is -2.44. The minimum Gasteiger partial charge on any atom is -0.508 e. The van der Waals surface area contributed by atoms with Gasteiger partial charge in [-0.1, -0.05) is 17.3 Å². The number of hydrogen-bond donors (Lipinski definition) is 1. The summed E-state index contributed by atoms with van der Waals surface area (Å²) in [6.07, 6.45) is 0.724.